The lowest BCUT2D eigenvalue weighted by Gasteiger charge is -2.21. The van der Waals surface area contributed by atoms with Crippen LogP contribution in [0.2, 0.25) is 4.34 Å². The number of ether oxygens (including phenoxy) is 1. The van der Waals surface area contributed by atoms with E-state index in [9.17, 15) is 0 Å². The summed E-state index contributed by atoms with van der Waals surface area (Å²) in [6, 6.07) is 3.88. The second kappa shape index (κ2) is 4.78. The normalized spacial score (nSPS) is 20.6. The van der Waals surface area contributed by atoms with Crippen molar-refractivity contribution in [2.24, 2.45) is 0 Å². The molecule has 1 saturated heterocycles. The van der Waals surface area contributed by atoms with Crippen LogP contribution in [-0.4, -0.2) is 29.7 Å². The summed E-state index contributed by atoms with van der Waals surface area (Å²) < 4.78 is 6.42. The molecule has 0 spiro atoms. The molecule has 90 valence electrons. The number of rotatable bonds is 2. The van der Waals surface area contributed by atoms with Gasteiger partial charge < -0.3 is 15.0 Å². The fourth-order valence-electron chi connectivity index (χ4n) is 1.83. The van der Waals surface area contributed by atoms with Gasteiger partial charge in [0.05, 0.1) is 27.7 Å². The van der Waals surface area contributed by atoms with Gasteiger partial charge in [0.25, 0.3) is 0 Å². The Labute approximate surface area is 108 Å². The minimum atomic E-state index is 0.0212. The topological polar surface area (TPSA) is 49.9 Å². The first-order valence-electron chi connectivity index (χ1n) is 5.46. The Kier molecular flexibility index (Phi) is 3.15. The molecule has 1 aliphatic rings. The highest BCUT2D eigenvalue weighted by Gasteiger charge is 2.19. The molecule has 1 unspecified atom stereocenters. The molecule has 0 bridgehead atoms. The van der Waals surface area contributed by atoms with E-state index in [-0.39, 0.29) is 6.10 Å². The summed E-state index contributed by atoms with van der Waals surface area (Å²) in [5.74, 6) is 0.872. The summed E-state index contributed by atoms with van der Waals surface area (Å²) in [6.45, 7) is 2.44. The molecule has 4 nitrogen and oxygen atoms in total. The fraction of sp³-hybridized carbons (Fsp3) is 0.364. The standard InChI is InChI=1S/C11H12ClN3OS/c12-10-2-1-9(17-10)7-5-14-11(15-7)8-6-13-3-4-16-8/h1-2,5,8,13H,3-4,6H2,(H,14,15). The average molecular weight is 270 g/mol. The van der Waals surface area contributed by atoms with Crippen LogP contribution >= 0.6 is 22.9 Å². The van der Waals surface area contributed by atoms with Gasteiger partial charge in [-0.2, -0.15) is 0 Å². The van der Waals surface area contributed by atoms with Gasteiger partial charge >= 0.3 is 0 Å². The van der Waals surface area contributed by atoms with E-state index in [1.807, 2.05) is 18.3 Å². The van der Waals surface area contributed by atoms with Crippen LogP contribution < -0.4 is 5.32 Å². The molecule has 17 heavy (non-hydrogen) atoms. The molecule has 1 aliphatic heterocycles. The summed E-state index contributed by atoms with van der Waals surface area (Å²) in [5, 5.41) is 3.28. The number of nitrogens with zero attached hydrogens (tertiary/aromatic N) is 1. The highest BCUT2D eigenvalue weighted by molar-refractivity contribution is 7.19. The zero-order valence-electron chi connectivity index (χ0n) is 9.07. The summed E-state index contributed by atoms with van der Waals surface area (Å²) in [5.41, 5.74) is 0.992. The predicted octanol–water partition coefficient (Wildman–Crippen LogP) is 2.45. The molecule has 3 heterocycles. The Bertz CT molecular complexity index is 504. The maximum absolute atomic E-state index is 5.92. The van der Waals surface area contributed by atoms with Gasteiger partial charge in [-0.1, -0.05) is 11.6 Å². The van der Waals surface area contributed by atoms with Gasteiger partial charge in [0, 0.05) is 13.1 Å². The van der Waals surface area contributed by atoms with Crippen LogP contribution in [0.3, 0.4) is 0 Å². The third kappa shape index (κ3) is 2.37. The van der Waals surface area contributed by atoms with E-state index < -0.39 is 0 Å². The zero-order valence-corrected chi connectivity index (χ0v) is 10.6. The number of thiophene rings is 1. The van der Waals surface area contributed by atoms with Crippen molar-refractivity contribution < 1.29 is 4.74 Å². The minimum Gasteiger partial charge on any atom is -0.368 e. The van der Waals surface area contributed by atoms with E-state index in [0.717, 1.165) is 40.4 Å². The van der Waals surface area contributed by atoms with Gasteiger partial charge in [0.1, 0.15) is 11.9 Å². The first-order chi connectivity index (χ1) is 8.33. The van der Waals surface area contributed by atoms with E-state index in [1.165, 1.54) is 11.3 Å². The van der Waals surface area contributed by atoms with Crippen molar-refractivity contribution in [1.29, 1.82) is 0 Å². The van der Waals surface area contributed by atoms with E-state index in [2.05, 4.69) is 15.3 Å². The summed E-state index contributed by atoms with van der Waals surface area (Å²) >= 11 is 7.45. The highest BCUT2D eigenvalue weighted by Crippen LogP contribution is 2.30. The molecule has 2 aromatic rings. The minimum absolute atomic E-state index is 0.0212. The van der Waals surface area contributed by atoms with E-state index in [4.69, 9.17) is 16.3 Å². The van der Waals surface area contributed by atoms with Crippen LogP contribution in [0.4, 0.5) is 0 Å². The van der Waals surface area contributed by atoms with Crippen molar-refractivity contribution in [3.63, 3.8) is 0 Å². The van der Waals surface area contributed by atoms with Crippen molar-refractivity contribution in [2.75, 3.05) is 19.7 Å². The SMILES string of the molecule is Clc1ccc(-c2cnc(C3CNCCO3)[nH]2)s1. The number of hydrogen-bond acceptors (Lipinski definition) is 4. The first-order valence-corrected chi connectivity index (χ1v) is 6.65. The molecule has 0 aromatic carbocycles. The van der Waals surface area contributed by atoms with Crippen LogP contribution in [0.15, 0.2) is 18.3 Å². The molecule has 2 N–H and O–H groups in total. The predicted molar refractivity (Wildman–Crippen MR) is 68.5 cm³/mol. The molecule has 6 heteroatoms. The summed E-state index contributed by atoms with van der Waals surface area (Å²) in [4.78, 5) is 8.75. The third-order valence-electron chi connectivity index (χ3n) is 2.67. The van der Waals surface area contributed by atoms with Gasteiger partial charge in [-0.15, -0.1) is 11.3 Å². The lowest BCUT2D eigenvalue weighted by atomic mass is 10.3. The Balaban J connectivity index is 1.82. The Hall–Kier alpha value is -0.880. The van der Waals surface area contributed by atoms with Crippen LogP contribution in [0.25, 0.3) is 10.6 Å². The molecular weight excluding hydrogens is 258 g/mol. The third-order valence-corrected chi connectivity index (χ3v) is 3.93. The second-order valence-corrected chi connectivity index (χ2v) is 5.56. The number of aromatic amines is 1. The Morgan fingerprint density at radius 2 is 2.41 bits per heavy atom. The lowest BCUT2D eigenvalue weighted by molar-refractivity contribution is 0.0227. The molecule has 0 saturated carbocycles. The maximum atomic E-state index is 5.92. The highest BCUT2D eigenvalue weighted by atomic mass is 35.5. The van der Waals surface area contributed by atoms with Crippen molar-refractivity contribution in [2.45, 2.75) is 6.10 Å². The smallest absolute Gasteiger partial charge is 0.137 e. The number of morpholine rings is 1. The van der Waals surface area contributed by atoms with Crippen molar-refractivity contribution in [3.8, 4) is 10.6 Å². The first kappa shape index (κ1) is 11.2. The van der Waals surface area contributed by atoms with Crippen LogP contribution in [0.1, 0.15) is 11.9 Å². The molecule has 0 amide bonds. The Morgan fingerprint density at radius 1 is 1.47 bits per heavy atom. The fourth-order valence-corrected chi connectivity index (χ4v) is 2.83. The summed E-state index contributed by atoms with van der Waals surface area (Å²) in [6.07, 6.45) is 1.85. The molecule has 1 atom stereocenters. The van der Waals surface area contributed by atoms with Crippen molar-refractivity contribution in [1.82, 2.24) is 15.3 Å². The van der Waals surface area contributed by atoms with Gasteiger partial charge in [0.15, 0.2) is 0 Å². The lowest BCUT2D eigenvalue weighted by Crippen LogP contribution is -2.33. The van der Waals surface area contributed by atoms with Gasteiger partial charge in [0.2, 0.25) is 0 Å². The van der Waals surface area contributed by atoms with Crippen LogP contribution in [-0.2, 0) is 4.74 Å². The number of imidazole rings is 1. The maximum Gasteiger partial charge on any atom is 0.137 e. The molecular formula is C11H12ClN3OS. The number of H-pyrrole nitrogens is 1. The second-order valence-electron chi connectivity index (χ2n) is 3.85. The quantitative estimate of drug-likeness (QED) is 0.881. The van der Waals surface area contributed by atoms with Gasteiger partial charge in [-0.3, -0.25) is 0 Å². The summed E-state index contributed by atoms with van der Waals surface area (Å²) in [7, 11) is 0. The monoisotopic (exact) mass is 269 g/mol. The number of hydrogen-bond donors (Lipinski definition) is 2. The number of aromatic nitrogens is 2. The largest absolute Gasteiger partial charge is 0.368 e. The van der Waals surface area contributed by atoms with Crippen LogP contribution in [0.5, 0.6) is 0 Å². The molecule has 1 fully saturated rings. The van der Waals surface area contributed by atoms with Crippen LogP contribution in [0, 0.1) is 0 Å². The molecule has 2 aromatic heterocycles. The van der Waals surface area contributed by atoms with Gasteiger partial charge in [-0.05, 0) is 12.1 Å². The number of nitrogens with one attached hydrogen (secondary N) is 2. The van der Waals surface area contributed by atoms with E-state index in [1.54, 1.807) is 0 Å². The average Bonchev–Trinajstić information content (AvgIpc) is 2.98. The molecule has 0 radical (unpaired) electrons. The Morgan fingerprint density at radius 3 is 3.12 bits per heavy atom. The molecule has 3 rings (SSSR count). The van der Waals surface area contributed by atoms with Gasteiger partial charge in [-0.25, -0.2) is 4.98 Å². The van der Waals surface area contributed by atoms with E-state index in [0.29, 0.717) is 0 Å². The van der Waals surface area contributed by atoms with Crippen molar-refractivity contribution >= 4 is 22.9 Å². The molecule has 0 aliphatic carbocycles. The van der Waals surface area contributed by atoms with Crippen molar-refractivity contribution in [3.05, 3.63) is 28.5 Å². The zero-order chi connectivity index (χ0) is 11.7. The van der Waals surface area contributed by atoms with E-state index >= 15 is 0 Å². The number of halogens is 1.